The summed E-state index contributed by atoms with van der Waals surface area (Å²) < 4.78 is 12.7. The summed E-state index contributed by atoms with van der Waals surface area (Å²) in [5.41, 5.74) is 12.3. The van der Waals surface area contributed by atoms with Crippen molar-refractivity contribution in [3.05, 3.63) is 157 Å². The molecule has 9 rings (SSSR count). The van der Waals surface area contributed by atoms with E-state index in [-0.39, 0.29) is 0 Å². The average Bonchev–Trinajstić information content (AvgIpc) is 3.69. The first kappa shape index (κ1) is 26.1. The Kier molecular flexibility index (Phi) is 5.88. The van der Waals surface area contributed by atoms with Gasteiger partial charge in [0.15, 0.2) is 0 Å². The number of nitriles is 1. The van der Waals surface area contributed by atoms with Gasteiger partial charge in [-0.05, 0) is 93.0 Å². The van der Waals surface area contributed by atoms with Gasteiger partial charge in [-0.15, -0.1) is 0 Å². The molecule has 0 saturated heterocycles. The Balaban J connectivity index is 1.43. The number of hydrogen-bond donors (Lipinski definition) is 0. The van der Waals surface area contributed by atoms with Crippen LogP contribution in [0.5, 0.6) is 0 Å². The van der Waals surface area contributed by atoms with E-state index in [0.717, 1.165) is 88.4 Å². The molecule has 0 saturated carbocycles. The minimum absolute atomic E-state index is 0.631. The second kappa shape index (κ2) is 10.4. The van der Waals surface area contributed by atoms with E-state index in [1.807, 2.05) is 66.7 Å². The monoisotopic (exact) mass is 587 g/mol. The first-order valence-electron chi connectivity index (χ1n) is 15.3. The van der Waals surface area contributed by atoms with Crippen LogP contribution in [0.2, 0.25) is 0 Å². The highest BCUT2D eigenvalue weighted by atomic mass is 16.3. The number of benzene rings is 7. The van der Waals surface area contributed by atoms with Gasteiger partial charge in [-0.25, -0.2) is 0 Å². The first-order valence-corrected chi connectivity index (χ1v) is 15.3. The molecule has 0 bridgehead atoms. The SMILES string of the molecule is N#Cc1ccccc1-c1cc(-c2ccc3c(c2)oc2ccccc23)c(-c2ccccc2)c(-c2cccc3oc4ccccc4c23)c1. The Morgan fingerprint density at radius 2 is 1.02 bits per heavy atom. The fourth-order valence-corrected chi connectivity index (χ4v) is 6.88. The zero-order chi connectivity index (χ0) is 30.6. The minimum Gasteiger partial charge on any atom is -0.456 e. The summed E-state index contributed by atoms with van der Waals surface area (Å²) in [5.74, 6) is 0. The second-order valence-corrected chi connectivity index (χ2v) is 11.6. The highest BCUT2D eigenvalue weighted by Gasteiger charge is 2.22. The van der Waals surface area contributed by atoms with E-state index in [0.29, 0.717) is 5.56 Å². The summed E-state index contributed by atoms with van der Waals surface area (Å²) in [6.45, 7) is 0. The third-order valence-electron chi connectivity index (χ3n) is 8.94. The lowest BCUT2D eigenvalue weighted by Gasteiger charge is -2.20. The van der Waals surface area contributed by atoms with Crippen molar-refractivity contribution < 1.29 is 8.83 Å². The molecule has 3 heteroatoms. The fraction of sp³-hybridized carbons (Fsp3) is 0. The molecule has 9 aromatic rings. The first-order chi connectivity index (χ1) is 22.8. The van der Waals surface area contributed by atoms with Gasteiger partial charge in [-0.1, -0.05) is 103 Å². The molecule has 2 heterocycles. The minimum atomic E-state index is 0.631. The summed E-state index contributed by atoms with van der Waals surface area (Å²) in [6, 6.07) is 54.3. The summed E-state index contributed by atoms with van der Waals surface area (Å²) in [5, 5.41) is 14.5. The predicted molar refractivity (Wildman–Crippen MR) is 187 cm³/mol. The molecule has 0 unspecified atom stereocenters. The van der Waals surface area contributed by atoms with Gasteiger partial charge in [-0.2, -0.15) is 5.26 Å². The van der Waals surface area contributed by atoms with E-state index < -0.39 is 0 Å². The molecule has 0 radical (unpaired) electrons. The van der Waals surface area contributed by atoms with Gasteiger partial charge >= 0.3 is 0 Å². The number of furan rings is 2. The van der Waals surface area contributed by atoms with E-state index in [1.165, 1.54) is 0 Å². The molecule has 0 aliphatic rings. The molecule has 2 aromatic heterocycles. The van der Waals surface area contributed by atoms with Crippen LogP contribution in [0.25, 0.3) is 88.4 Å². The predicted octanol–water partition coefficient (Wildman–Crippen LogP) is 12.0. The van der Waals surface area contributed by atoms with Gasteiger partial charge in [0, 0.05) is 21.5 Å². The van der Waals surface area contributed by atoms with Gasteiger partial charge < -0.3 is 8.83 Å². The molecule has 214 valence electrons. The number of hydrogen-bond acceptors (Lipinski definition) is 3. The van der Waals surface area contributed by atoms with E-state index in [1.54, 1.807) is 0 Å². The van der Waals surface area contributed by atoms with Crippen molar-refractivity contribution in [3.63, 3.8) is 0 Å². The molecular weight excluding hydrogens is 562 g/mol. The molecule has 0 spiro atoms. The van der Waals surface area contributed by atoms with Crippen LogP contribution in [-0.4, -0.2) is 0 Å². The number of rotatable bonds is 4. The molecule has 0 N–H and O–H groups in total. The van der Waals surface area contributed by atoms with Crippen LogP contribution in [0.15, 0.2) is 160 Å². The third kappa shape index (κ3) is 4.05. The van der Waals surface area contributed by atoms with Gasteiger partial charge in [0.05, 0.1) is 11.6 Å². The second-order valence-electron chi connectivity index (χ2n) is 11.6. The largest absolute Gasteiger partial charge is 0.456 e. The molecule has 0 fully saturated rings. The Labute approximate surface area is 265 Å². The summed E-state index contributed by atoms with van der Waals surface area (Å²) in [4.78, 5) is 0. The fourth-order valence-electron chi connectivity index (χ4n) is 6.88. The zero-order valence-corrected chi connectivity index (χ0v) is 24.7. The van der Waals surface area contributed by atoms with Crippen LogP contribution in [-0.2, 0) is 0 Å². The molecular formula is C43H25NO2. The maximum absolute atomic E-state index is 10.1. The van der Waals surface area contributed by atoms with E-state index in [2.05, 4.69) is 91.0 Å². The highest BCUT2D eigenvalue weighted by molar-refractivity contribution is 6.15. The summed E-state index contributed by atoms with van der Waals surface area (Å²) in [7, 11) is 0. The Hall–Kier alpha value is -6.37. The third-order valence-corrected chi connectivity index (χ3v) is 8.94. The van der Waals surface area contributed by atoms with Gasteiger partial charge in [0.25, 0.3) is 0 Å². The van der Waals surface area contributed by atoms with Crippen LogP contribution in [0.1, 0.15) is 5.56 Å². The van der Waals surface area contributed by atoms with Crippen LogP contribution < -0.4 is 0 Å². The molecule has 46 heavy (non-hydrogen) atoms. The number of fused-ring (bicyclic) bond motifs is 6. The highest BCUT2D eigenvalue weighted by Crippen LogP contribution is 2.47. The zero-order valence-electron chi connectivity index (χ0n) is 24.7. The van der Waals surface area contributed by atoms with E-state index in [9.17, 15) is 5.26 Å². The van der Waals surface area contributed by atoms with Crippen LogP contribution >= 0.6 is 0 Å². The van der Waals surface area contributed by atoms with Crippen molar-refractivity contribution in [1.82, 2.24) is 0 Å². The van der Waals surface area contributed by atoms with E-state index >= 15 is 0 Å². The molecule has 7 aromatic carbocycles. The lowest BCUT2D eigenvalue weighted by Crippen LogP contribution is -1.94. The normalized spacial score (nSPS) is 11.5. The quantitative estimate of drug-likeness (QED) is 0.206. The van der Waals surface area contributed by atoms with E-state index in [4.69, 9.17) is 8.83 Å². The van der Waals surface area contributed by atoms with Crippen molar-refractivity contribution >= 4 is 43.9 Å². The van der Waals surface area contributed by atoms with Crippen LogP contribution in [0.4, 0.5) is 0 Å². The molecule has 3 nitrogen and oxygen atoms in total. The van der Waals surface area contributed by atoms with Gasteiger partial charge in [0.1, 0.15) is 22.3 Å². The average molecular weight is 588 g/mol. The van der Waals surface area contributed by atoms with Crippen molar-refractivity contribution in [2.24, 2.45) is 0 Å². The Morgan fingerprint density at radius 3 is 1.87 bits per heavy atom. The molecule has 0 aliphatic heterocycles. The van der Waals surface area contributed by atoms with Crippen LogP contribution in [0, 0.1) is 11.3 Å². The van der Waals surface area contributed by atoms with Crippen molar-refractivity contribution in [3.8, 4) is 50.6 Å². The molecule has 0 atom stereocenters. The summed E-state index contributed by atoms with van der Waals surface area (Å²) in [6.07, 6.45) is 0. The number of nitrogens with zero attached hydrogens (tertiary/aromatic N) is 1. The van der Waals surface area contributed by atoms with Crippen LogP contribution in [0.3, 0.4) is 0 Å². The maximum Gasteiger partial charge on any atom is 0.136 e. The lowest BCUT2D eigenvalue weighted by atomic mass is 9.83. The van der Waals surface area contributed by atoms with Crippen molar-refractivity contribution in [1.29, 1.82) is 5.26 Å². The van der Waals surface area contributed by atoms with Crippen molar-refractivity contribution in [2.75, 3.05) is 0 Å². The molecule has 0 aliphatic carbocycles. The maximum atomic E-state index is 10.1. The Bertz CT molecular complexity index is 2650. The molecule has 0 amide bonds. The topological polar surface area (TPSA) is 50.1 Å². The summed E-state index contributed by atoms with van der Waals surface area (Å²) >= 11 is 0. The van der Waals surface area contributed by atoms with Gasteiger partial charge in [-0.3, -0.25) is 0 Å². The lowest BCUT2D eigenvalue weighted by molar-refractivity contribution is 0.668. The smallest absolute Gasteiger partial charge is 0.136 e. The van der Waals surface area contributed by atoms with Gasteiger partial charge in [0.2, 0.25) is 0 Å². The Morgan fingerprint density at radius 1 is 0.391 bits per heavy atom. The van der Waals surface area contributed by atoms with Crippen molar-refractivity contribution in [2.45, 2.75) is 0 Å². The standard InChI is InChI=1S/C43H25NO2/c44-26-29-13-4-5-14-31(29)30-23-36(28-21-22-33-32-15-6-8-18-38(32)46-41(33)25-28)42(27-11-2-1-3-12-27)37(24-30)34-17-10-20-40-43(34)35-16-7-9-19-39(35)45-40/h1-25H. The number of para-hydroxylation sites is 2.